The van der Waals surface area contributed by atoms with Crippen LogP contribution in [0.1, 0.15) is 25.5 Å². The van der Waals surface area contributed by atoms with Crippen LogP contribution >= 0.6 is 11.6 Å². The van der Waals surface area contributed by atoms with Crippen LogP contribution < -0.4 is 5.32 Å². The first-order chi connectivity index (χ1) is 11.2. The second-order valence-corrected chi connectivity index (χ2v) is 6.58. The van der Waals surface area contributed by atoms with E-state index in [4.69, 9.17) is 11.6 Å². The highest BCUT2D eigenvalue weighted by Crippen LogP contribution is 2.29. The van der Waals surface area contributed by atoms with Crippen molar-refractivity contribution in [2.75, 3.05) is 31.3 Å². The molecular weight excluding hydrogens is 306 g/mol. The number of benzene rings is 1. The minimum absolute atomic E-state index is 0.550. The Bertz CT molecular complexity index is 730. The third-order valence-corrected chi connectivity index (χ3v) is 4.75. The average Bonchev–Trinajstić information content (AvgIpc) is 2.90. The predicted molar refractivity (Wildman–Crippen MR) is 99.4 cm³/mol. The molecular formula is C19H24ClN3. The van der Waals surface area contributed by atoms with Gasteiger partial charge < -0.3 is 14.8 Å². The van der Waals surface area contributed by atoms with E-state index in [1.54, 1.807) is 0 Å². The lowest BCUT2D eigenvalue weighted by atomic mass is 10.0. The van der Waals surface area contributed by atoms with Gasteiger partial charge in [-0.15, -0.1) is 11.6 Å². The van der Waals surface area contributed by atoms with E-state index in [2.05, 4.69) is 57.9 Å². The molecule has 1 aliphatic heterocycles. The number of piperidine rings is 1. The number of fused-ring (bicyclic) bond motifs is 1. The summed E-state index contributed by atoms with van der Waals surface area (Å²) in [5.41, 5.74) is 3.46. The summed E-state index contributed by atoms with van der Waals surface area (Å²) in [4.78, 5) is 2.39. The van der Waals surface area contributed by atoms with Gasteiger partial charge in [0.05, 0.1) is 11.2 Å². The quantitative estimate of drug-likeness (QED) is 0.681. The number of aromatic nitrogens is 1. The molecule has 1 aromatic carbocycles. The van der Waals surface area contributed by atoms with Crippen LogP contribution in [0.5, 0.6) is 0 Å². The van der Waals surface area contributed by atoms with Crippen LogP contribution in [0.2, 0.25) is 0 Å². The van der Waals surface area contributed by atoms with Crippen molar-refractivity contribution < 1.29 is 0 Å². The Morgan fingerprint density at radius 2 is 2.09 bits per heavy atom. The number of halogens is 1. The van der Waals surface area contributed by atoms with E-state index >= 15 is 0 Å². The van der Waals surface area contributed by atoms with Crippen molar-refractivity contribution in [2.45, 2.75) is 32.4 Å². The van der Waals surface area contributed by atoms with Gasteiger partial charge >= 0.3 is 0 Å². The monoisotopic (exact) mass is 329 g/mol. The van der Waals surface area contributed by atoms with Crippen molar-refractivity contribution in [1.82, 2.24) is 9.47 Å². The molecule has 122 valence electrons. The van der Waals surface area contributed by atoms with Crippen molar-refractivity contribution in [1.29, 1.82) is 0 Å². The molecule has 0 saturated carbocycles. The van der Waals surface area contributed by atoms with Crippen LogP contribution in [0.4, 0.5) is 5.69 Å². The molecule has 1 fully saturated rings. The number of hydrogen-bond donors (Lipinski definition) is 1. The Kier molecular flexibility index (Phi) is 5.15. The lowest BCUT2D eigenvalue weighted by Crippen LogP contribution is -2.36. The molecule has 1 aromatic heterocycles. The van der Waals surface area contributed by atoms with Crippen LogP contribution in [0.15, 0.2) is 24.3 Å². The molecule has 23 heavy (non-hydrogen) atoms. The fraction of sp³-hybridized carbons (Fsp3) is 0.474. The van der Waals surface area contributed by atoms with Gasteiger partial charge in [0.25, 0.3) is 0 Å². The molecule has 0 amide bonds. The predicted octanol–water partition coefficient (Wildman–Crippen LogP) is 3.76. The van der Waals surface area contributed by atoms with E-state index in [-0.39, 0.29) is 0 Å². The first kappa shape index (κ1) is 16.2. The van der Waals surface area contributed by atoms with Crippen molar-refractivity contribution in [3.05, 3.63) is 30.0 Å². The highest BCUT2D eigenvalue weighted by molar-refractivity contribution is 6.17. The number of alkyl halides is 1. The molecule has 0 spiro atoms. The molecule has 0 radical (unpaired) electrons. The number of hydrogen-bond acceptors (Lipinski definition) is 2. The maximum absolute atomic E-state index is 5.99. The van der Waals surface area contributed by atoms with Crippen molar-refractivity contribution in [2.24, 2.45) is 0 Å². The van der Waals surface area contributed by atoms with Gasteiger partial charge in [0.2, 0.25) is 0 Å². The van der Waals surface area contributed by atoms with E-state index in [1.807, 2.05) is 6.92 Å². The topological polar surface area (TPSA) is 20.2 Å². The number of aryl methyl sites for hydroxylation is 1. The molecule has 1 aliphatic rings. The molecule has 2 aromatic rings. The van der Waals surface area contributed by atoms with Crippen LogP contribution in [0.3, 0.4) is 0 Å². The van der Waals surface area contributed by atoms with E-state index in [9.17, 15) is 0 Å². The first-order valence-corrected chi connectivity index (χ1v) is 8.82. The summed E-state index contributed by atoms with van der Waals surface area (Å²) < 4.78 is 2.22. The zero-order valence-corrected chi connectivity index (χ0v) is 14.7. The Morgan fingerprint density at radius 3 is 2.78 bits per heavy atom. The first-order valence-electron chi connectivity index (χ1n) is 8.29. The molecule has 0 unspecified atom stereocenters. The standard InChI is InChI=1S/C19H24ClN3/c1-3-5-16-14-17-18(21-15-8-11-22(2)12-9-15)6-4-7-19(17)23(16)13-10-20/h4,6-7,14-15,21H,8-13H2,1-2H3. The Labute approximate surface area is 143 Å². The lowest BCUT2D eigenvalue weighted by Gasteiger charge is -2.30. The normalized spacial score (nSPS) is 16.3. The number of rotatable bonds is 4. The second-order valence-electron chi connectivity index (χ2n) is 6.21. The van der Waals surface area contributed by atoms with Crippen LogP contribution in [-0.4, -0.2) is 41.5 Å². The van der Waals surface area contributed by atoms with Gasteiger partial charge in [-0.25, -0.2) is 0 Å². The lowest BCUT2D eigenvalue weighted by molar-refractivity contribution is 0.264. The van der Waals surface area contributed by atoms with Crippen molar-refractivity contribution in [3.8, 4) is 11.8 Å². The third-order valence-electron chi connectivity index (χ3n) is 4.59. The van der Waals surface area contributed by atoms with Gasteiger partial charge in [-0.3, -0.25) is 0 Å². The summed E-state index contributed by atoms with van der Waals surface area (Å²) in [6, 6.07) is 9.19. The molecule has 2 heterocycles. The molecule has 0 aliphatic carbocycles. The third kappa shape index (κ3) is 3.49. The number of nitrogens with one attached hydrogen (secondary N) is 1. The highest BCUT2D eigenvalue weighted by Gasteiger charge is 2.18. The summed E-state index contributed by atoms with van der Waals surface area (Å²) in [6.45, 7) is 4.98. The zero-order chi connectivity index (χ0) is 16.2. The van der Waals surface area contributed by atoms with Crippen LogP contribution in [0.25, 0.3) is 10.9 Å². The van der Waals surface area contributed by atoms with E-state index in [1.165, 1.54) is 29.4 Å². The summed E-state index contributed by atoms with van der Waals surface area (Å²) in [6.07, 6.45) is 2.38. The van der Waals surface area contributed by atoms with Crippen LogP contribution in [0, 0.1) is 11.8 Å². The largest absolute Gasteiger partial charge is 0.382 e. The van der Waals surface area contributed by atoms with Crippen molar-refractivity contribution >= 4 is 28.2 Å². The average molecular weight is 330 g/mol. The minimum atomic E-state index is 0.550. The maximum atomic E-state index is 5.99. The SMILES string of the molecule is CC#Cc1cc2c(NC3CCN(C)CC3)cccc2n1CCCl. The molecule has 4 heteroatoms. The van der Waals surface area contributed by atoms with E-state index in [0.29, 0.717) is 11.9 Å². The summed E-state index contributed by atoms with van der Waals surface area (Å²) in [7, 11) is 2.19. The molecule has 1 saturated heterocycles. The second kappa shape index (κ2) is 7.29. The highest BCUT2D eigenvalue weighted by atomic mass is 35.5. The molecule has 3 nitrogen and oxygen atoms in total. The number of nitrogens with zero attached hydrogens (tertiary/aromatic N) is 2. The molecule has 0 atom stereocenters. The van der Waals surface area contributed by atoms with Gasteiger partial charge in [-0.2, -0.15) is 0 Å². The number of anilines is 1. The fourth-order valence-electron chi connectivity index (χ4n) is 3.34. The fourth-order valence-corrected chi connectivity index (χ4v) is 3.51. The Balaban J connectivity index is 1.94. The Morgan fingerprint density at radius 1 is 1.30 bits per heavy atom. The van der Waals surface area contributed by atoms with Gasteiger partial charge in [-0.1, -0.05) is 12.0 Å². The van der Waals surface area contributed by atoms with Gasteiger partial charge in [0.1, 0.15) is 0 Å². The summed E-state index contributed by atoms with van der Waals surface area (Å²) >= 11 is 5.99. The minimum Gasteiger partial charge on any atom is -0.382 e. The van der Waals surface area contributed by atoms with Crippen molar-refractivity contribution in [3.63, 3.8) is 0 Å². The number of likely N-dealkylation sites (tertiary alicyclic amines) is 1. The summed E-state index contributed by atoms with van der Waals surface area (Å²) in [5.74, 6) is 6.81. The Hall–Kier alpha value is -1.63. The van der Waals surface area contributed by atoms with Gasteiger partial charge in [0.15, 0.2) is 0 Å². The maximum Gasteiger partial charge on any atom is 0.0931 e. The van der Waals surface area contributed by atoms with Crippen LogP contribution in [-0.2, 0) is 6.54 Å². The smallest absolute Gasteiger partial charge is 0.0931 e. The van der Waals surface area contributed by atoms with E-state index in [0.717, 1.165) is 25.3 Å². The summed E-state index contributed by atoms with van der Waals surface area (Å²) in [5, 5.41) is 4.99. The van der Waals surface area contributed by atoms with Gasteiger partial charge in [0, 0.05) is 29.5 Å². The molecule has 3 rings (SSSR count). The van der Waals surface area contributed by atoms with E-state index < -0.39 is 0 Å². The molecule has 1 N–H and O–H groups in total. The van der Waals surface area contributed by atoms with Gasteiger partial charge in [-0.05, 0) is 64.0 Å². The zero-order valence-electron chi connectivity index (χ0n) is 13.9. The molecule has 0 bridgehead atoms.